The van der Waals surface area contributed by atoms with Crippen LogP contribution in [-0.4, -0.2) is 11.5 Å². The summed E-state index contributed by atoms with van der Waals surface area (Å²) < 4.78 is 0. The standard InChI is InChI=1S/C5H10S/c1-5-2-3-6-4-5/h5H,2-4H2,1H3/p+1. The molecule has 1 atom stereocenters. The predicted octanol–water partition coefficient (Wildman–Crippen LogP) is 0.841. The molecule has 0 aromatic rings. The molecule has 0 amide bonds. The quantitative estimate of drug-likeness (QED) is 0.315. The zero-order valence-corrected chi connectivity index (χ0v) is 5.04. The number of hydrogen-bond acceptors (Lipinski definition) is 0. The summed E-state index contributed by atoms with van der Waals surface area (Å²) >= 11 is 1.69. The second kappa shape index (κ2) is 1.87. The minimum absolute atomic E-state index is 1.03. The Balaban J connectivity index is 2.18. The van der Waals surface area contributed by atoms with Gasteiger partial charge in [-0.15, -0.1) is 0 Å². The first kappa shape index (κ1) is 4.51. The average Bonchev–Trinajstić information content (AvgIpc) is 1.86. The van der Waals surface area contributed by atoms with Gasteiger partial charge in [-0.05, 0) is 18.2 Å². The first-order valence-electron chi connectivity index (χ1n) is 2.53. The molecule has 6 heavy (non-hydrogen) atoms. The Morgan fingerprint density at radius 2 is 2.50 bits per heavy atom. The maximum atomic E-state index is 2.33. The van der Waals surface area contributed by atoms with Gasteiger partial charge in [0.2, 0.25) is 0 Å². The molecular formula is C5H11S+. The van der Waals surface area contributed by atoms with E-state index in [4.69, 9.17) is 0 Å². The third kappa shape index (κ3) is 0.904. The van der Waals surface area contributed by atoms with E-state index >= 15 is 0 Å². The van der Waals surface area contributed by atoms with Crippen LogP contribution in [0, 0.1) is 5.92 Å². The fourth-order valence-corrected chi connectivity index (χ4v) is 2.14. The average molecular weight is 103 g/mol. The topological polar surface area (TPSA) is 0 Å². The molecule has 1 saturated heterocycles. The van der Waals surface area contributed by atoms with E-state index in [0.29, 0.717) is 0 Å². The molecule has 0 nitrogen and oxygen atoms in total. The smallest absolute Gasteiger partial charge is 0.0578 e. The Morgan fingerprint density at radius 1 is 1.67 bits per heavy atom. The molecule has 1 unspecified atom stereocenters. The van der Waals surface area contributed by atoms with E-state index < -0.39 is 0 Å². The van der Waals surface area contributed by atoms with E-state index in [2.05, 4.69) is 6.92 Å². The number of hydrogen-bond donors (Lipinski definition) is 0. The van der Waals surface area contributed by atoms with E-state index in [1.165, 1.54) is 17.9 Å². The Morgan fingerprint density at radius 3 is 2.67 bits per heavy atom. The number of thiol groups is 1. The summed E-state index contributed by atoms with van der Waals surface area (Å²) in [5.41, 5.74) is 0. The first-order valence-corrected chi connectivity index (χ1v) is 3.79. The van der Waals surface area contributed by atoms with Crippen LogP contribution >= 0.6 is 0 Å². The Bertz CT molecular complexity index is 37.2. The molecule has 0 N–H and O–H groups in total. The molecule has 36 valence electrons. The van der Waals surface area contributed by atoms with Gasteiger partial charge < -0.3 is 0 Å². The van der Waals surface area contributed by atoms with E-state index in [1.54, 1.807) is 11.8 Å². The molecule has 0 spiro atoms. The lowest BCUT2D eigenvalue weighted by atomic mass is 10.2. The van der Waals surface area contributed by atoms with E-state index in [0.717, 1.165) is 5.92 Å². The zero-order valence-electron chi connectivity index (χ0n) is 4.15. The molecule has 0 aromatic carbocycles. The molecule has 0 aliphatic carbocycles. The summed E-state index contributed by atoms with van der Waals surface area (Å²) in [5.74, 6) is 3.95. The third-order valence-corrected chi connectivity index (χ3v) is 2.68. The summed E-state index contributed by atoms with van der Waals surface area (Å²) in [6.45, 7) is 2.33. The van der Waals surface area contributed by atoms with Gasteiger partial charge in [0.05, 0.1) is 0 Å². The first-order chi connectivity index (χ1) is 2.89. The Hall–Kier alpha value is 0.350. The van der Waals surface area contributed by atoms with E-state index in [9.17, 15) is 0 Å². The van der Waals surface area contributed by atoms with Crippen molar-refractivity contribution in [1.82, 2.24) is 0 Å². The van der Waals surface area contributed by atoms with Gasteiger partial charge in [0.15, 0.2) is 0 Å². The maximum Gasteiger partial charge on any atom is 0.108 e. The SMILES string of the molecule is CC1CC[SH+]C1. The van der Waals surface area contributed by atoms with Crippen molar-refractivity contribution in [2.24, 2.45) is 5.92 Å². The molecule has 1 aliphatic heterocycles. The van der Waals surface area contributed by atoms with Crippen molar-refractivity contribution in [3.05, 3.63) is 0 Å². The normalized spacial score (nSPS) is 34.5. The van der Waals surface area contributed by atoms with Crippen molar-refractivity contribution >= 4 is 11.8 Å². The fraction of sp³-hybridized carbons (Fsp3) is 1.00. The van der Waals surface area contributed by atoms with Crippen LogP contribution in [0.3, 0.4) is 0 Å². The van der Waals surface area contributed by atoms with Crippen LogP contribution in [0.15, 0.2) is 0 Å². The monoisotopic (exact) mass is 103 g/mol. The lowest BCUT2D eigenvalue weighted by molar-refractivity contribution is 0.669. The van der Waals surface area contributed by atoms with Gasteiger partial charge in [0, 0.05) is 5.92 Å². The molecule has 1 rings (SSSR count). The van der Waals surface area contributed by atoms with Crippen LogP contribution in [0.25, 0.3) is 0 Å². The van der Waals surface area contributed by atoms with Crippen molar-refractivity contribution in [3.8, 4) is 0 Å². The van der Waals surface area contributed by atoms with Crippen LogP contribution in [-0.2, 0) is 11.8 Å². The molecule has 0 bridgehead atoms. The molecular weight excluding hydrogens is 92.1 g/mol. The molecule has 1 heteroatoms. The third-order valence-electron chi connectivity index (χ3n) is 1.22. The summed E-state index contributed by atoms with van der Waals surface area (Å²) in [6, 6.07) is 0. The van der Waals surface area contributed by atoms with Gasteiger partial charge in [-0.25, -0.2) is 0 Å². The van der Waals surface area contributed by atoms with Crippen LogP contribution in [0.2, 0.25) is 0 Å². The molecule has 0 saturated carbocycles. The van der Waals surface area contributed by atoms with Crippen molar-refractivity contribution in [2.45, 2.75) is 13.3 Å². The highest BCUT2D eigenvalue weighted by molar-refractivity contribution is 7.78. The van der Waals surface area contributed by atoms with Crippen LogP contribution < -0.4 is 0 Å². The van der Waals surface area contributed by atoms with Crippen LogP contribution in [0.1, 0.15) is 13.3 Å². The largest absolute Gasteiger partial charge is 0.108 e. The van der Waals surface area contributed by atoms with Gasteiger partial charge >= 0.3 is 0 Å². The maximum absolute atomic E-state index is 2.33. The summed E-state index contributed by atoms with van der Waals surface area (Å²) in [4.78, 5) is 0. The van der Waals surface area contributed by atoms with Crippen LogP contribution in [0.4, 0.5) is 0 Å². The second-order valence-electron chi connectivity index (χ2n) is 2.02. The molecule has 1 heterocycles. The highest BCUT2D eigenvalue weighted by atomic mass is 32.2. The highest BCUT2D eigenvalue weighted by Crippen LogP contribution is 2.09. The summed E-state index contributed by atoms with van der Waals surface area (Å²) in [6.07, 6.45) is 1.47. The number of rotatable bonds is 0. The molecule has 0 aromatic heterocycles. The summed E-state index contributed by atoms with van der Waals surface area (Å²) in [5, 5.41) is 0. The molecule has 1 aliphatic rings. The molecule has 0 radical (unpaired) electrons. The predicted molar refractivity (Wildman–Crippen MR) is 32.3 cm³/mol. The van der Waals surface area contributed by atoms with Gasteiger partial charge in [0.1, 0.15) is 11.5 Å². The van der Waals surface area contributed by atoms with Gasteiger partial charge in [-0.1, -0.05) is 6.92 Å². The Labute approximate surface area is 43.3 Å². The second-order valence-corrected chi connectivity index (χ2v) is 3.28. The van der Waals surface area contributed by atoms with Crippen molar-refractivity contribution < 1.29 is 0 Å². The van der Waals surface area contributed by atoms with Gasteiger partial charge in [-0.3, -0.25) is 0 Å². The lowest BCUT2D eigenvalue weighted by Crippen LogP contribution is -1.87. The minimum Gasteiger partial charge on any atom is -0.0578 e. The van der Waals surface area contributed by atoms with Crippen molar-refractivity contribution in [3.63, 3.8) is 0 Å². The summed E-state index contributed by atoms with van der Waals surface area (Å²) in [7, 11) is 0. The van der Waals surface area contributed by atoms with Crippen molar-refractivity contribution in [2.75, 3.05) is 11.5 Å². The fourth-order valence-electron chi connectivity index (χ4n) is 0.715. The minimum atomic E-state index is 1.03. The van der Waals surface area contributed by atoms with Crippen LogP contribution in [0.5, 0.6) is 0 Å². The van der Waals surface area contributed by atoms with E-state index in [1.807, 2.05) is 0 Å². The zero-order chi connectivity index (χ0) is 4.41. The van der Waals surface area contributed by atoms with Gasteiger partial charge in [-0.2, -0.15) is 0 Å². The Kier molecular flexibility index (Phi) is 1.41. The molecule has 1 fully saturated rings. The van der Waals surface area contributed by atoms with Crippen molar-refractivity contribution in [1.29, 1.82) is 0 Å². The van der Waals surface area contributed by atoms with Gasteiger partial charge in [0.25, 0.3) is 0 Å². The lowest BCUT2D eigenvalue weighted by Gasteiger charge is -1.84. The highest BCUT2D eigenvalue weighted by Gasteiger charge is 2.15. The van der Waals surface area contributed by atoms with E-state index in [-0.39, 0.29) is 0 Å².